The number of nitrogens with one attached hydrogen (secondary N) is 1. The molecular weight excluding hydrogens is 256 g/mol. The largest absolute Gasteiger partial charge is 0.478 e. The molecule has 0 heterocycles. The summed E-state index contributed by atoms with van der Waals surface area (Å²) in [5, 5.41) is 21.0. The minimum Gasteiger partial charge on any atom is -0.478 e. The van der Waals surface area contributed by atoms with Gasteiger partial charge in [0.25, 0.3) is 0 Å². The molecule has 1 fully saturated rings. The minimum atomic E-state index is -1.39. The van der Waals surface area contributed by atoms with E-state index in [0.29, 0.717) is 6.42 Å². The molecule has 0 spiro atoms. The number of aromatic carboxylic acids is 1. The number of rotatable bonds is 3. The van der Waals surface area contributed by atoms with Crippen LogP contribution >= 0.6 is 0 Å². The molecule has 2 unspecified atom stereocenters. The monoisotopic (exact) mass is 271 g/mol. The normalized spacial score (nSPS) is 24.7. The number of aliphatic hydroxyl groups is 1. The van der Waals surface area contributed by atoms with Gasteiger partial charge in [-0.3, -0.25) is 0 Å². The smallest absolute Gasteiger partial charge is 0.335 e. The lowest BCUT2D eigenvalue weighted by atomic mass is 9.64. The number of halogens is 2. The molecule has 0 bridgehead atoms. The predicted molar refractivity (Wildman–Crippen MR) is 65.1 cm³/mol. The molecule has 2 rings (SSSR count). The summed E-state index contributed by atoms with van der Waals surface area (Å²) in [5.41, 5.74) is -1.27. The van der Waals surface area contributed by atoms with Gasteiger partial charge in [0.1, 0.15) is 17.3 Å². The molecule has 0 saturated heterocycles. The summed E-state index contributed by atoms with van der Waals surface area (Å²) in [5.74, 6) is -3.28. The zero-order chi connectivity index (χ0) is 14.4. The molecule has 6 heteroatoms. The maximum Gasteiger partial charge on any atom is 0.335 e. The van der Waals surface area contributed by atoms with Gasteiger partial charge < -0.3 is 15.5 Å². The van der Waals surface area contributed by atoms with Crippen LogP contribution in [0.15, 0.2) is 12.1 Å². The quantitative estimate of drug-likeness (QED) is 0.788. The van der Waals surface area contributed by atoms with Crippen LogP contribution in [0, 0.1) is 17.0 Å². The second-order valence-electron chi connectivity index (χ2n) is 5.39. The van der Waals surface area contributed by atoms with Crippen molar-refractivity contribution in [2.45, 2.75) is 32.4 Å². The van der Waals surface area contributed by atoms with Gasteiger partial charge in [0, 0.05) is 11.5 Å². The zero-order valence-corrected chi connectivity index (χ0v) is 10.6. The summed E-state index contributed by atoms with van der Waals surface area (Å²) in [4.78, 5) is 10.7. The highest BCUT2D eigenvalue weighted by atomic mass is 19.1. The first-order chi connectivity index (χ1) is 8.73. The van der Waals surface area contributed by atoms with Gasteiger partial charge >= 0.3 is 5.97 Å². The van der Waals surface area contributed by atoms with Gasteiger partial charge in [0.15, 0.2) is 0 Å². The molecule has 0 aliphatic heterocycles. The predicted octanol–water partition coefficient (Wildman–Crippen LogP) is 2.23. The highest BCUT2D eigenvalue weighted by Gasteiger charge is 2.47. The molecule has 1 aliphatic carbocycles. The molecule has 2 atom stereocenters. The molecule has 1 saturated carbocycles. The van der Waals surface area contributed by atoms with Crippen molar-refractivity contribution < 1.29 is 23.8 Å². The maximum absolute atomic E-state index is 13.7. The molecule has 1 aromatic rings. The Morgan fingerprint density at radius 2 is 1.89 bits per heavy atom. The average molecular weight is 271 g/mol. The van der Waals surface area contributed by atoms with Crippen molar-refractivity contribution in [1.29, 1.82) is 0 Å². The van der Waals surface area contributed by atoms with Crippen molar-refractivity contribution in [2.75, 3.05) is 5.32 Å². The Kier molecular flexibility index (Phi) is 3.22. The van der Waals surface area contributed by atoms with E-state index in [0.717, 1.165) is 12.1 Å². The minimum absolute atomic E-state index is 0.262. The van der Waals surface area contributed by atoms with Crippen molar-refractivity contribution in [3.8, 4) is 0 Å². The number of carboxylic acid groups (broad SMARTS) is 1. The van der Waals surface area contributed by atoms with Crippen LogP contribution in [0.2, 0.25) is 0 Å². The van der Waals surface area contributed by atoms with Crippen molar-refractivity contribution in [3.63, 3.8) is 0 Å². The molecule has 4 nitrogen and oxygen atoms in total. The van der Waals surface area contributed by atoms with Crippen molar-refractivity contribution >= 4 is 11.7 Å². The van der Waals surface area contributed by atoms with E-state index in [9.17, 15) is 18.7 Å². The number of carbonyl (C=O) groups is 1. The van der Waals surface area contributed by atoms with Gasteiger partial charge in [-0.1, -0.05) is 13.8 Å². The third-order valence-corrected chi connectivity index (χ3v) is 3.82. The van der Waals surface area contributed by atoms with Gasteiger partial charge in [0.2, 0.25) is 0 Å². The number of aliphatic hydroxyl groups excluding tert-OH is 1. The lowest BCUT2D eigenvalue weighted by molar-refractivity contribution is -0.0512. The van der Waals surface area contributed by atoms with Crippen LogP contribution in [-0.4, -0.2) is 28.3 Å². The van der Waals surface area contributed by atoms with Gasteiger partial charge in [-0.25, -0.2) is 13.6 Å². The van der Waals surface area contributed by atoms with Crippen LogP contribution in [0.1, 0.15) is 30.6 Å². The molecule has 1 aliphatic rings. The van der Waals surface area contributed by atoms with E-state index in [4.69, 9.17) is 5.11 Å². The Balaban J connectivity index is 2.25. The van der Waals surface area contributed by atoms with Crippen molar-refractivity contribution in [1.82, 2.24) is 0 Å². The van der Waals surface area contributed by atoms with Crippen LogP contribution in [-0.2, 0) is 0 Å². The summed E-state index contributed by atoms with van der Waals surface area (Å²) in [6, 6.07) is 1.29. The van der Waals surface area contributed by atoms with E-state index < -0.39 is 34.7 Å². The summed E-state index contributed by atoms with van der Waals surface area (Å²) in [6.07, 6.45) is -0.124. The van der Waals surface area contributed by atoms with Gasteiger partial charge in [-0.15, -0.1) is 0 Å². The lowest BCUT2D eigenvalue weighted by Gasteiger charge is -2.49. The number of hydrogen-bond donors (Lipinski definition) is 3. The fourth-order valence-electron chi connectivity index (χ4n) is 2.16. The highest BCUT2D eigenvalue weighted by molar-refractivity contribution is 5.88. The first kappa shape index (κ1) is 13.7. The molecule has 0 aromatic heterocycles. The molecule has 3 N–H and O–H groups in total. The molecular formula is C13H15F2NO3. The van der Waals surface area contributed by atoms with Crippen LogP contribution in [0.25, 0.3) is 0 Å². The van der Waals surface area contributed by atoms with E-state index in [1.54, 1.807) is 13.8 Å². The van der Waals surface area contributed by atoms with Gasteiger partial charge in [-0.05, 0) is 18.6 Å². The fraction of sp³-hybridized carbons (Fsp3) is 0.462. The maximum atomic E-state index is 13.7. The van der Waals surface area contributed by atoms with Crippen molar-refractivity contribution in [2.24, 2.45) is 5.41 Å². The van der Waals surface area contributed by atoms with E-state index in [1.807, 2.05) is 0 Å². The van der Waals surface area contributed by atoms with Crippen LogP contribution in [0.5, 0.6) is 0 Å². The Morgan fingerprint density at radius 1 is 1.37 bits per heavy atom. The van der Waals surface area contributed by atoms with E-state index in [1.165, 1.54) is 0 Å². The summed E-state index contributed by atoms with van der Waals surface area (Å²) < 4.78 is 27.4. The van der Waals surface area contributed by atoms with Crippen LogP contribution in [0.3, 0.4) is 0 Å². The Hall–Kier alpha value is -1.69. The summed E-state index contributed by atoms with van der Waals surface area (Å²) in [7, 11) is 0. The molecule has 19 heavy (non-hydrogen) atoms. The number of anilines is 1. The zero-order valence-electron chi connectivity index (χ0n) is 10.6. The first-order valence-corrected chi connectivity index (χ1v) is 5.90. The van der Waals surface area contributed by atoms with E-state index in [-0.39, 0.29) is 11.7 Å². The Bertz CT molecular complexity index is 508. The average Bonchev–Trinajstić information content (AvgIpc) is 2.31. The third kappa shape index (κ3) is 2.28. The second-order valence-corrected chi connectivity index (χ2v) is 5.39. The second kappa shape index (κ2) is 4.45. The van der Waals surface area contributed by atoms with E-state index >= 15 is 0 Å². The number of carboxylic acids is 1. The van der Waals surface area contributed by atoms with Gasteiger partial charge in [0.05, 0.1) is 11.7 Å². The third-order valence-electron chi connectivity index (χ3n) is 3.82. The number of hydrogen-bond acceptors (Lipinski definition) is 3. The SMILES string of the molecule is CC1(C)C(O)CC1Nc1c(F)cc(C(=O)O)cc1F. The Labute approximate surface area is 109 Å². The number of benzene rings is 1. The Morgan fingerprint density at radius 3 is 2.26 bits per heavy atom. The lowest BCUT2D eigenvalue weighted by Crippen LogP contribution is -2.57. The fourth-order valence-corrected chi connectivity index (χ4v) is 2.16. The van der Waals surface area contributed by atoms with Crippen molar-refractivity contribution in [3.05, 3.63) is 29.3 Å². The van der Waals surface area contributed by atoms with E-state index in [2.05, 4.69) is 5.32 Å². The molecule has 0 radical (unpaired) electrons. The van der Waals surface area contributed by atoms with Crippen LogP contribution < -0.4 is 5.32 Å². The topological polar surface area (TPSA) is 69.6 Å². The summed E-state index contributed by atoms with van der Waals surface area (Å²) >= 11 is 0. The van der Waals surface area contributed by atoms with Crippen LogP contribution in [0.4, 0.5) is 14.5 Å². The molecule has 104 valence electrons. The molecule has 0 amide bonds. The first-order valence-electron chi connectivity index (χ1n) is 5.90. The standard InChI is InChI=1S/C13H15F2NO3/c1-13(2)9(5-10(13)17)16-11-7(14)3-6(12(18)19)4-8(11)15/h3-4,9-10,16-17H,5H2,1-2H3,(H,18,19). The summed E-state index contributed by atoms with van der Waals surface area (Å²) in [6.45, 7) is 3.58. The van der Waals surface area contributed by atoms with Gasteiger partial charge in [-0.2, -0.15) is 0 Å². The highest BCUT2D eigenvalue weighted by Crippen LogP contribution is 2.42. The molecule has 1 aromatic carbocycles.